The SMILES string of the molecule is O=C([O-])CN(CC(=O)[O-])c1ccccc1N(CC(=O)[O-])CC(=O)[O-].[Na+].[Na+].[Na+].[Na+]. The predicted molar refractivity (Wildman–Crippen MR) is 70.9 cm³/mol. The summed E-state index contributed by atoms with van der Waals surface area (Å²) in [7, 11) is 0. The van der Waals surface area contributed by atoms with Crippen LogP contribution in [0.25, 0.3) is 0 Å². The number of rotatable bonds is 10. The van der Waals surface area contributed by atoms with E-state index in [1.807, 2.05) is 0 Å². The molecule has 28 heavy (non-hydrogen) atoms. The summed E-state index contributed by atoms with van der Waals surface area (Å²) in [5.41, 5.74) is -0.0400. The van der Waals surface area contributed by atoms with Gasteiger partial charge in [0.15, 0.2) is 0 Å². The zero-order valence-corrected chi connectivity index (χ0v) is 24.3. The zero-order chi connectivity index (χ0) is 18.3. The average molecular weight is 428 g/mol. The van der Waals surface area contributed by atoms with E-state index in [4.69, 9.17) is 0 Å². The van der Waals surface area contributed by atoms with Gasteiger partial charge in [0.1, 0.15) is 0 Å². The normalized spacial score (nSPS) is 8.57. The van der Waals surface area contributed by atoms with Gasteiger partial charge in [0.2, 0.25) is 0 Å². The fourth-order valence-electron chi connectivity index (χ4n) is 2.07. The van der Waals surface area contributed by atoms with Crippen LogP contribution in [-0.4, -0.2) is 50.1 Å². The number of carboxylic acids is 4. The number of carbonyl (C=O) groups is 4. The zero-order valence-electron chi connectivity index (χ0n) is 16.3. The summed E-state index contributed by atoms with van der Waals surface area (Å²) in [6, 6.07) is 5.48. The molecule has 0 amide bonds. The first-order valence-electron chi connectivity index (χ1n) is 6.59. The number of carbonyl (C=O) groups excluding carboxylic acids is 4. The van der Waals surface area contributed by atoms with Gasteiger partial charge in [-0.1, -0.05) is 12.1 Å². The maximum atomic E-state index is 10.8. The van der Waals surface area contributed by atoms with Crippen molar-refractivity contribution in [2.75, 3.05) is 36.0 Å². The molecular weight excluding hydrogens is 416 g/mol. The summed E-state index contributed by atoms with van der Waals surface area (Å²) in [4.78, 5) is 44.9. The molecule has 1 rings (SSSR count). The number of aliphatic carboxylic acids is 4. The predicted octanol–water partition coefficient (Wildman–Crippen LogP) is -17.7. The van der Waals surface area contributed by atoms with Crippen molar-refractivity contribution in [1.82, 2.24) is 0 Å². The molecular formula is C14H12N2Na4O8. The third-order valence-corrected chi connectivity index (χ3v) is 2.84. The Bertz CT molecular complexity index is 575. The van der Waals surface area contributed by atoms with Crippen molar-refractivity contribution in [3.63, 3.8) is 0 Å². The Morgan fingerprint density at radius 1 is 0.571 bits per heavy atom. The number of hydrogen-bond donors (Lipinski definition) is 0. The number of nitrogens with zero attached hydrogens (tertiary/aromatic N) is 2. The van der Waals surface area contributed by atoms with Gasteiger partial charge in [0.05, 0.1) is 61.4 Å². The summed E-state index contributed by atoms with van der Waals surface area (Å²) in [6.45, 7) is -3.30. The fraction of sp³-hybridized carbons (Fsp3) is 0.286. The Kier molecular flexibility index (Phi) is 23.8. The van der Waals surface area contributed by atoms with Crippen LogP contribution in [0.5, 0.6) is 0 Å². The number of hydrogen-bond acceptors (Lipinski definition) is 10. The fourth-order valence-corrected chi connectivity index (χ4v) is 2.07. The second-order valence-electron chi connectivity index (χ2n) is 4.69. The molecule has 0 atom stereocenters. The molecule has 0 unspecified atom stereocenters. The molecule has 0 aliphatic rings. The van der Waals surface area contributed by atoms with Crippen LogP contribution in [0, 0.1) is 0 Å². The van der Waals surface area contributed by atoms with E-state index in [1.165, 1.54) is 24.3 Å². The standard InChI is InChI=1S/C14H16N2O8.4Na/c17-11(18)5-15(6-12(19)20)9-3-1-2-4-10(9)16(7-13(21)22)8-14(23)24;;;;/h1-4H,5-8H2,(H,17,18)(H,19,20)(H,21,22)(H,23,24);;;;/q;4*+1/p-4. The van der Waals surface area contributed by atoms with Crippen molar-refractivity contribution in [2.24, 2.45) is 0 Å². The summed E-state index contributed by atoms with van der Waals surface area (Å²) < 4.78 is 0. The second kappa shape index (κ2) is 18.5. The van der Waals surface area contributed by atoms with Gasteiger partial charge in [-0.3, -0.25) is 0 Å². The quantitative estimate of drug-likeness (QED) is 0.327. The van der Waals surface area contributed by atoms with E-state index in [-0.39, 0.29) is 130 Å². The number of benzene rings is 1. The van der Waals surface area contributed by atoms with Crippen LogP contribution in [0.3, 0.4) is 0 Å². The van der Waals surface area contributed by atoms with Gasteiger partial charge >= 0.3 is 118 Å². The van der Waals surface area contributed by atoms with E-state index in [0.717, 1.165) is 9.80 Å². The van der Waals surface area contributed by atoms with Crippen molar-refractivity contribution < 1.29 is 158 Å². The molecule has 0 saturated heterocycles. The molecule has 0 radical (unpaired) electrons. The summed E-state index contributed by atoms with van der Waals surface area (Å²) in [5.74, 6) is -6.34. The minimum Gasteiger partial charge on any atom is -0.548 e. The molecule has 0 spiro atoms. The van der Waals surface area contributed by atoms with Crippen molar-refractivity contribution in [3.05, 3.63) is 24.3 Å². The minimum atomic E-state index is -1.59. The molecule has 0 bridgehead atoms. The second-order valence-corrected chi connectivity index (χ2v) is 4.69. The van der Waals surface area contributed by atoms with Gasteiger partial charge in [-0.2, -0.15) is 0 Å². The number of para-hydroxylation sites is 2. The van der Waals surface area contributed by atoms with Gasteiger partial charge < -0.3 is 49.4 Å². The Morgan fingerprint density at radius 2 is 0.786 bits per heavy atom. The molecule has 0 saturated carbocycles. The van der Waals surface area contributed by atoms with E-state index in [2.05, 4.69) is 0 Å². The van der Waals surface area contributed by atoms with Gasteiger partial charge in [-0.05, 0) is 12.1 Å². The largest absolute Gasteiger partial charge is 1.00 e. The van der Waals surface area contributed by atoms with Crippen LogP contribution in [0.2, 0.25) is 0 Å². The third kappa shape index (κ3) is 13.8. The van der Waals surface area contributed by atoms with E-state index in [9.17, 15) is 39.6 Å². The molecule has 130 valence electrons. The first-order chi connectivity index (χ1) is 11.2. The third-order valence-electron chi connectivity index (χ3n) is 2.84. The Balaban J connectivity index is -0.000000720. The smallest absolute Gasteiger partial charge is 0.548 e. The molecule has 1 aromatic rings. The number of anilines is 2. The molecule has 0 N–H and O–H groups in total. The van der Waals surface area contributed by atoms with Crippen LogP contribution >= 0.6 is 0 Å². The first-order valence-corrected chi connectivity index (χ1v) is 6.59. The molecule has 1 aromatic carbocycles. The first kappa shape index (κ1) is 36.1. The van der Waals surface area contributed by atoms with Gasteiger partial charge in [-0.25, -0.2) is 0 Å². The topological polar surface area (TPSA) is 167 Å². The Morgan fingerprint density at radius 3 is 0.964 bits per heavy atom. The van der Waals surface area contributed by atoms with Crippen LogP contribution < -0.4 is 148 Å². The van der Waals surface area contributed by atoms with Gasteiger partial charge in [-0.15, -0.1) is 0 Å². The van der Waals surface area contributed by atoms with Crippen molar-refractivity contribution in [3.8, 4) is 0 Å². The van der Waals surface area contributed by atoms with Gasteiger partial charge in [0, 0.05) is 0 Å². The van der Waals surface area contributed by atoms with Crippen LogP contribution in [0.15, 0.2) is 24.3 Å². The molecule has 0 aliphatic carbocycles. The van der Waals surface area contributed by atoms with E-state index >= 15 is 0 Å². The molecule has 0 fully saturated rings. The van der Waals surface area contributed by atoms with E-state index < -0.39 is 50.1 Å². The van der Waals surface area contributed by atoms with Crippen LogP contribution in [0.4, 0.5) is 11.4 Å². The monoisotopic (exact) mass is 428 g/mol. The molecule has 10 nitrogen and oxygen atoms in total. The molecule has 0 aromatic heterocycles. The van der Waals surface area contributed by atoms with Crippen molar-refractivity contribution >= 4 is 35.3 Å². The Labute approximate surface area is 249 Å². The Hall–Kier alpha value is 0.700. The number of carboxylic acid groups (broad SMARTS) is 4. The van der Waals surface area contributed by atoms with Crippen LogP contribution in [0.1, 0.15) is 0 Å². The summed E-state index contributed by atoms with van der Waals surface area (Å²) in [5, 5.41) is 43.3. The van der Waals surface area contributed by atoms with E-state index in [1.54, 1.807) is 0 Å². The maximum absolute atomic E-state index is 10.8. The average Bonchev–Trinajstić information content (AvgIpc) is 2.44. The summed E-state index contributed by atoms with van der Waals surface area (Å²) in [6.07, 6.45) is 0. The van der Waals surface area contributed by atoms with Crippen LogP contribution in [-0.2, 0) is 19.2 Å². The van der Waals surface area contributed by atoms with Gasteiger partial charge in [0.25, 0.3) is 0 Å². The summed E-state index contributed by atoms with van der Waals surface area (Å²) >= 11 is 0. The van der Waals surface area contributed by atoms with Crippen molar-refractivity contribution in [1.29, 1.82) is 0 Å². The molecule has 14 heteroatoms. The molecule has 0 heterocycles. The van der Waals surface area contributed by atoms with Crippen molar-refractivity contribution in [2.45, 2.75) is 0 Å². The molecule has 0 aliphatic heterocycles. The van der Waals surface area contributed by atoms with E-state index in [0.29, 0.717) is 0 Å². The minimum absolute atomic E-state index is 0. The maximum Gasteiger partial charge on any atom is 1.00 e.